The van der Waals surface area contributed by atoms with E-state index in [0.717, 1.165) is 51.1 Å². The zero-order valence-electron chi connectivity index (χ0n) is 15.0. The van der Waals surface area contributed by atoms with Gasteiger partial charge in [0.2, 0.25) is 0 Å². The zero-order valence-corrected chi connectivity index (χ0v) is 17.4. The van der Waals surface area contributed by atoms with Crippen LogP contribution in [0.3, 0.4) is 0 Å². The summed E-state index contributed by atoms with van der Waals surface area (Å²) in [4.78, 5) is 22.7. The molecule has 3 aromatic rings. The second-order valence-corrected chi connectivity index (χ2v) is 8.27. The highest BCUT2D eigenvalue weighted by molar-refractivity contribution is 9.10. The Morgan fingerprint density at radius 3 is 2.78 bits per heavy atom. The van der Waals surface area contributed by atoms with Gasteiger partial charge < -0.3 is 5.32 Å². The van der Waals surface area contributed by atoms with Crippen molar-refractivity contribution in [2.24, 2.45) is 7.05 Å². The van der Waals surface area contributed by atoms with Crippen molar-refractivity contribution < 1.29 is 4.79 Å². The van der Waals surface area contributed by atoms with E-state index in [2.05, 4.69) is 31.3 Å². The summed E-state index contributed by atoms with van der Waals surface area (Å²) >= 11 is 4.97. The first-order valence-corrected chi connectivity index (χ1v) is 10.3. The minimum Gasteiger partial charge on any atom is -0.354 e. The van der Waals surface area contributed by atoms with Gasteiger partial charge in [-0.05, 0) is 60.9 Å². The highest BCUT2D eigenvalue weighted by atomic mass is 79.9. The lowest BCUT2D eigenvalue weighted by atomic mass is 10.1. The summed E-state index contributed by atoms with van der Waals surface area (Å²) in [5.74, 6) is -0.159. The number of amides is 1. The zero-order chi connectivity index (χ0) is 19.0. The highest BCUT2D eigenvalue weighted by Gasteiger charge is 2.27. The number of aromatic nitrogens is 4. The lowest BCUT2D eigenvalue weighted by molar-refractivity contribution is 0.0956. The van der Waals surface area contributed by atoms with Crippen molar-refractivity contribution in [3.63, 3.8) is 0 Å². The predicted octanol–water partition coefficient (Wildman–Crippen LogP) is 3.64. The van der Waals surface area contributed by atoms with Crippen LogP contribution >= 0.6 is 27.7 Å². The summed E-state index contributed by atoms with van der Waals surface area (Å²) < 4.78 is 2.81. The van der Waals surface area contributed by atoms with Gasteiger partial charge >= 0.3 is 0 Å². The summed E-state index contributed by atoms with van der Waals surface area (Å²) in [5.41, 5.74) is 4.35. The van der Waals surface area contributed by atoms with Crippen LogP contribution < -0.4 is 5.32 Å². The van der Waals surface area contributed by atoms with Gasteiger partial charge in [0.05, 0.1) is 11.4 Å². The third kappa shape index (κ3) is 3.51. The van der Waals surface area contributed by atoms with E-state index in [-0.39, 0.29) is 5.91 Å². The van der Waals surface area contributed by atoms with E-state index in [9.17, 15) is 4.79 Å². The molecule has 0 saturated heterocycles. The Bertz CT molecular complexity index is 1020. The third-order valence-electron chi connectivity index (χ3n) is 4.55. The second kappa shape index (κ2) is 7.44. The topological polar surface area (TPSA) is 72.7 Å². The lowest BCUT2D eigenvalue weighted by Gasteiger charge is -2.09. The molecule has 138 valence electrons. The van der Waals surface area contributed by atoms with Crippen molar-refractivity contribution >= 4 is 33.6 Å². The number of fused-ring (bicyclic) bond motifs is 3. The molecule has 1 amide bonds. The fraction of sp³-hybridized carbons (Fsp3) is 0.263. The number of nitrogens with one attached hydrogen (secondary N) is 1. The Kier molecular flexibility index (Phi) is 5.01. The number of hydrogen-bond acceptors (Lipinski definition) is 5. The first kappa shape index (κ1) is 18.2. The number of rotatable bonds is 3. The normalized spacial score (nSPS) is 12.9. The van der Waals surface area contributed by atoms with Crippen LogP contribution in [0, 0.1) is 0 Å². The summed E-state index contributed by atoms with van der Waals surface area (Å²) in [6.45, 7) is 0. The summed E-state index contributed by atoms with van der Waals surface area (Å²) in [5, 5.41) is 7.83. The average molecular weight is 444 g/mol. The molecule has 1 aromatic carbocycles. The van der Waals surface area contributed by atoms with E-state index >= 15 is 0 Å². The van der Waals surface area contributed by atoms with Crippen molar-refractivity contribution in [2.75, 3.05) is 7.05 Å². The number of carbonyl (C=O) groups is 1. The molecule has 0 aliphatic heterocycles. The summed E-state index contributed by atoms with van der Waals surface area (Å²) in [7, 11) is 3.49. The standard InChI is InChI=1S/C19H18BrN5OS/c1-21-18(26)16-14-5-3-4-11-10-22-19(23-15(11)17(14)25(2)24-16)27-13-8-6-12(20)7-9-13/h6-10H,3-5H2,1-2H3,(H,21,26). The first-order chi connectivity index (χ1) is 13.1. The Balaban J connectivity index is 1.78. The molecule has 8 heteroatoms. The minimum atomic E-state index is -0.159. The number of aryl methyl sites for hydroxylation is 2. The fourth-order valence-corrected chi connectivity index (χ4v) is 4.28. The Morgan fingerprint density at radius 2 is 2.04 bits per heavy atom. The number of hydrogen-bond donors (Lipinski definition) is 1. The van der Waals surface area contributed by atoms with Crippen LogP contribution in [0.4, 0.5) is 0 Å². The maximum atomic E-state index is 12.2. The van der Waals surface area contributed by atoms with Gasteiger partial charge in [0.25, 0.3) is 5.91 Å². The van der Waals surface area contributed by atoms with Gasteiger partial charge in [0.15, 0.2) is 10.9 Å². The third-order valence-corrected chi connectivity index (χ3v) is 5.97. The highest BCUT2D eigenvalue weighted by Crippen LogP contribution is 2.34. The fourth-order valence-electron chi connectivity index (χ4n) is 3.29. The van der Waals surface area contributed by atoms with E-state index < -0.39 is 0 Å². The van der Waals surface area contributed by atoms with Gasteiger partial charge in [-0.3, -0.25) is 9.48 Å². The van der Waals surface area contributed by atoms with Crippen molar-refractivity contribution in [3.05, 3.63) is 51.8 Å². The Hall–Kier alpha value is -2.19. The van der Waals surface area contributed by atoms with Crippen LogP contribution in [0.2, 0.25) is 0 Å². The molecule has 2 heterocycles. The molecule has 0 bridgehead atoms. The molecule has 2 aromatic heterocycles. The smallest absolute Gasteiger partial charge is 0.271 e. The van der Waals surface area contributed by atoms with E-state index in [4.69, 9.17) is 4.98 Å². The van der Waals surface area contributed by atoms with Crippen molar-refractivity contribution in [1.29, 1.82) is 0 Å². The molecule has 4 rings (SSSR count). The summed E-state index contributed by atoms with van der Waals surface area (Å²) in [6, 6.07) is 8.06. The Labute approximate surface area is 169 Å². The molecular formula is C19H18BrN5OS. The van der Waals surface area contributed by atoms with E-state index in [0.29, 0.717) is 10.9 Å². The number of halogens is 1. The second-order valence-electron chi connectivity index (χ2n) is 6.31. The van der Waals surface area contributed by atoms with Gasteiger partial charge in [0, 0.05) is 35.2 Å². The van der Waals surface area contributed by atoms with Crippen LogP contribution in [-0.4, -0.2) is 32.7 Å². The molecule has 0 radical (unpaired) electrons. The molecule has 1 N–H and O–H groups in total. The van der Waals surface area contributed by atoms with Gasteiger partial charge in [-0.2, -0.15) is 5.10 Å². The van der Waals surface area contributed by atoms with Gasteiger partial charge in [-0.1, -0.05) is 15.9 Å². The van der Waals surface area contributed by atoms with Crippen LogP contribution in [0.5, 0.6) is 0 Å². The monoisotopic (exact) mass is 443 g/mol. The van der Waals surface area contributed by atoms with Crippen LogP contribution in [0.1, 0.15) is 28.0 Å². The van der Waals surface area contributed by atoms with Crippen molar-refractivity contribution in [3.8, 4) is 11.4 Å². The molecule has 27 heavy (non-hydrogen) atoms. The molecule has 1 aliphatic rings. The predicted molar refractivity (Wildman–Crippen MR) is 108 cm³/mol. The number of carbonyl (C=O) groups excluding carboxylic acids is 1. The van der Waals surface area contributed by atoms with Crippen LogP contribution in [0.25, 0.3) is 11.4 Å². The molecular weight excluding hydrogens is 426 g/mol. The molecule has 1 aliphatic carbocycles. The molecule has 6 nitrogen and oxygen atoms in total. The molecule has 0 atom stereocenters. The average Bonchev–Trinajstić information content (AvgIpc) is 2.88. The van der Waals surface area contributed by atoms with Crippen molar-refractivity contribution in [1.82, 2.24) is 25.1 Å². The van der Waals surface area contributed by atoms with Gasteiger partial charge in [0.1, 0.15) is 0 Å². The van der Waals surface area contributed by atoms with Crippen LogP contribution in [0.15, 0.2) is 45.0 Å². The largest absolute Gasteiger partial charge is 0.354 e. The minimum absolute atomic E-state index is 0.159. The maximum Gasteiger partial charge on any atom is 0.271 e. The quantitative estimate of drug-likeness (QED) is 0.625. The molecule has 0 fully saturated rings. The number of benzene rings is 1. The molecule has 0 saturated carbocycles. The van der Waals surface area contributed by atoms with Crippen LogP contribution in [-0.2, 0) is 19.9 Å². The van der Waals surface area contributed by atoms with E-state index in [1.54, 1.807) is 11.7 Å². The Morgan fingerprint density at radius 1 is 1.26 bits per heavy atom. The van der Waals surface area contributed by atoms with E-state index in [1.807, 2.05) is 37.5 Å². The maximum absolute atomic E-state index is 12.2. The molecule has 0 spiro atoms. The lowest BCUT2D eigenvalue weighted by Crippen LogP contribution is -2.20. The van der Waals surface area contributed by atoms with Crippen molar-refractivity contribution in [2.45, 2.75) is 29.3 Å². The van der Waals surface area contributed by atoms with E-state index in [1.165, 1.54) is 11.8 Å². The summed E-state index contributed by atoms with van der Waals surface area (Å²) in [6.07, 6.45) is 4.54. The van der Waals surface area contributed by atoms with Gasteiger partial charge in [-0.25, -0.2) is 9.97 Å². The first-order valence-electron chi connectivity index (χ1n) is 8.64. The van der Waals surface area contributed by atoms with Gasteiger partial charge in [-0.15, -0.1) is 0 Å². The molecule has 0 unspecified atom stereocenters. The number of nitrogens with zero attached hydrogens (tertiary/aromatic N) is 4. The SMILES string of the molecule is CNC(=O)c1nn(C)c2c1CCCc1cnc(Sc3ccc(Br)cc3)nc1-2.